The highest BCUT2D eigenvalue weighted by atomic mass is 32.1. The Labute approximate surface area is 198 Å². The van der Waals surface area contributed by atoms with Gasteiger partial charge in [-0.1, -0.05) is 42.5 Å². The third kappa shape index (κ3) is 4.56. The number of hydrogen-bond donors (Lipinski definition) is 1. The van der Waals surface area contributed by atoms with Crippen LogP contribution in [0.2, 0.25) is 0 Å². The second-order valence-corrected chi connectivity index (χ2v) is 9.81. The van der Waals surface area contributed by atoms with Gasteiger partial charge < -0.3 is 5.32 Å². The van der Waals surface area contributed by atoms with E-state index in [0.29, 0.717) is 11.7 Å². The van der Waals surface area contributed by atoms with Gasteiger partial charge in [0.1, 0.15) is 5.01 Å². The Morgan fingerprint density at radius 3 is 2.76 bits per heavy atom. The molecule has 0 spiro atoms. The van der Waals surface area contributed by atoms with Crippen LogP contribution in [0.25, 0.3) is 10.2 Å². The lowest BCUT2D eigenvalue weighted by atomic mass is 9.90. The van der Waals surface area contributed by atoms with Gasteiger partial charge in [-0.2, -0.15) is 5.10 Å². The third-order valence-electron chi connectivity index (χ3n) is 6.56. The van der Waals surface area contributed by atoms with E-state index in [-0.39, 0.29) is 5.91 Å². The Bertz CT molecular complexity index is 1230. The molecule has 0 saturated heterocycles. The molecule has 2 aromatic heterocycles. The fourth-order valence-corrected chi connectivity index (χ4v) is 5.77. The minimum Gasteiger partial charge on any atom is -0.354 e. The Kier molecular flexibility index (Phi) is 6.24. The summed E-state index contributed by atoms with van der Waals surface area (Å²) >= 11 is 1.76. The van der Waals surface area contributed by atoms with Crippen LogP contribution < -0.4 is 5.32 Å². The van der Waals surface area contributed by atoms with Gasteiger partial charge in [0.15, 0.2) is 5.69 Å². The fraction of sp³-hybridized carbons (Fsp3) is 0.346. The van der Waals surface area contributed by atoms with E-state index in [1.807, 2.05) is 12.1 Å². The summed E-state index contributed by atoms with van der Waals surface area (Å²) in [5, 5.41) is 8.67. The van der Waals surface area contributed by atoms with Gasteiger partial charge in [0.2, 0.25) is 0 Å². The molecule has 0 radical (unpaired) electrons. The molecule has 0 fully saturated rings. The summed E-state index contributed by atoms with van der Waals surface area (Å²) in [5.41, 5.74) is 5.26. The van der Waals surface area contributed by atoms with Gasteiger partial charge in [-0.3, -0.25) is 14.4 Å². The molecule has 1 aliphatic rings. The normalized spacial score (nSPS) is 15.7. The van der Waals surface area contributed by atoms with E-state index in [1.165, 1.54) is 16.0 Å². The maximum Gasteiger partial charge on any atom is 0.271 e. The van der Waals surface area contributed by atoms with Crippen molar-refractivity contribution in [1.29, 1.82) is 0 Å². The molecule has 0 aliphatic heterocycles. The van der Waals surface area contributed by atoms with Crippen molar-refractivity contribution in [2.24, 2.45) is 0 Å². The lowest BCUT2D eigenvalue weighted by Gasteiger charge is -2.31. The van der Waals surface area contributed by atoms with Crippen molar-refractivity contribution in [2.45, 2.75) is 44.8 Å². The van der Waals surface area contributed by atoms with Crippen LogP contribution in [0.3, 0.4) is 0 Å². The molecular formula is C26H29N5OS. The highest BCUT2D eigenvalue weighted by Crippen LogP contribution is 2.29. The van der Waals surface area contributed by atoms with Crippen LogP contribution in [0, 0.1) is 0 Å². The van der Waals surface area contributed by atoms with Crippen molar-refractivity contribution in [3.63, 3.8) is 0 Å². The number of nitrogens with zero attached hydrogens (tertiary/aromatic N) is 4. The number of para-hydroxylation sites is 1. The SMILES string of the molecule is CNC(=O)c1nn(CCc2ccccc2)c2c1CC(N(C)Cc1nc3ccccc3s1)CC2. The van der Waals surface area contributed by atoms with Crippen LogP contribution in [0.5, 0.6) is 0 Å². The van der Waals surface area contributed by atoms with E-state index in [2.05, 4.69) is 64.4 Å². The van der Waals surface area contributed by atoms with Crippen LogP contribution in [0.15, 0.2) is 54.6 Å². The zero-order chi connectivity index (χ0) is 22.8. The number of carbonyl (C=O) groups is 1. The van der Waals surface area contributed by atoms with Crippen LogP contribution in [-0.2, 0) is 32.4 Å². The van der Waals surface area contributed by atoms with Gasteiger partial charge in [0.05, 0.1) is 16.8 Å². The van der Waals surface area contributed by atoms with E-state index in [0.717, 1.165) is 54.9 Å². The first kappa shape index (κ1) is 21.8. The average molecular weight is 460 g/mol. The quantitative estimate of drug-likeness (QED) is 0.452. The standard InChI is InChI=1S/C26H29N5OS/c1-27-26(32)25-20-16-19(30(2)17-24-28-21-10-6-7-11-23(21)33-24)12-13-22(20)31(29-25)15-14-18-8-4-3-5-9-18/h3-11,19H,12-17H2,1-2H3,(H,27,32). The van der Waals surface area contributed by atoms with Crippen molar-refractivity contribution >= 4 is 27.5 Å². The zero-order valence-corrected chi connectivity index (χ0v) is 19.9. The van der Waals surface area contributed by atoms with E-state index in [1.54, 1.807) is 18.4 Å². The largest absolute Gasteiger partial charge is 0.354 e. The Balaban J connectivity index is 1.34. The third-order valence-corrected chi connectivity index (χ3v) is 7.59. The van der Waals surface area contributed by atoms with Gasteiger partial charge in [-0.05, 0) is 50.4 Å². The van der Waals surface area contributed by atoms with Crippen molar-refractivity contribution in [3.8, 4) is 0 Å². The van der Waals surface area contributed by atoms with Gasteiger partial charge in [-0.15, -0.1) is 11.3 Å². The van der Waals surface area contributed by atoms with Gasteiger partial charge in [0, 0.05) is 30.9 Å². The van der Waals surface area contributed by atoms with Crippen LogP contribution >= 0.6 is 11.3 Å². The molecule has 1 amide bonds. The number of thiazole rings is 1. The van der Waals surface area contributed by atoms with Crippen LogP contribution in [0.1, 0.15) is 38.7 Å². The molecule has 170 valence electrons. The number of carbonyl (C=O) groups excluding carboxylic acids is 1. The molecule has 1 N–H and O–H groups in total. The summed E-state index contributed by atoms with van der Waals surface area (Å²) in [6.45, 7) is 1.60. The molecule has 0 bridgehead atoms. The predicted molar refractivity (Wildman–Crippen MR) is 133 cm³/mol. The van der Waals surface area contributed by atoms with Crippen molar-refractivity contribution < 1.29 is 4.79 Å². The summed E-state index contributed by atoms with van der Waals surface area (Å²) < 4.78 is 3.30. The van der Waals surface area contributed by atoms with Gasteiger partial charge in [-0.25, -0.2) is 4.98 Å². The molecule has 1 atom stereocenters. The Morgan fingerprint density at radius 2 is 1.97 bits per heavy atom. The molecule has 7 heteroatoms. The van der Waals surface area contributed by atoms with E-state index in [4.69, 9.17) is 10.1 Å². The monoisotopic (exact) mass is 459 g/mol. The predicted octanol–water partition coefficient (Wildman–Crippen LogP) is 4.08. The number of likely N-dealkylation sites (N-methyl/N-ethyl adjacent to an activating group) is 1. The fourth-order valence-electron chi connectivity index (χ4n) is 4.74. The summed E-state index contributed by atoms with van der Waals surface area (Å²) in [6, 6.07) is 19.1. The number of nitrogens with one attached hydrogen (secondary N) is 1. The van der Waals surface area contributed by atoms with Crippen LogP contribution in [0.4, 0.5) is 0 Å². The number of aromatic nitrogens is 3. The van der Waals surface area contributed by atoms with Gasteiger partial charge >= 0.3 is 0 Å². The maximum atomic E-state index is 12.6. The van der Waals surface area contributed by atoms with E-state index in [9.17, 15) is 4.79 Å². The highest BCUT2D eigenvalue weighted by molar-refractivity contribution is 7.18. The number of benzene rings is 2. The van der Waals surface area contributed by atoms with Crippen molar-refractivity contribution in [2.75, 3.05) is 14.1 Å². The lowest BCUT2D eigenvalue weighted by Crippen LogP contribution is -2.37. The molecule has 5 rings (SSSR count). The average Bonchev–Trinajstić information content (AvgIpc) is 3.43. The molecule has 2 heterocycles. The van der Waals surface area contributed by atoms with Crippen molar-refractivity contribution in [1.82, 2.24) is 25.0 Å². The molecule has 0 saturated carbocycles. The van der Waals surface area contributed by atoms with E-state index >= 15 is 0 Å². The lowest BCUT2D eigenvalue weighted by molar-refractivity contribution is 0.0955. The number of fused-ring (bicyclic) bond motifs is 2. The summed E-state index contributed by atoms with van der Waals surface area (Å²) in [7, 11) is 3.85. The maximum absolute atomic E-state index is 12.6. The first-order valence-electron chi connectivity index (χ1n) is 11.5. The summed E-state index contributed by atoms with van der Waals surface area (Å²) in [6.07, 6.45) is 3.73. The molecule has 4 aromatic rings. The molecule has 1 unspecified atom stereocenters. The topological polar surface area (TPSA) is 63.1 Å². The molecule has 1 aliphatic carbocycles. The Morgan fingerprint density at radius 1 is 1.18 bits per heavy atom. The van der Waals surface area contributed by atoms with Gasteiger partial charge in [0.25, 0.3) is 5.91 Å². The van der Waals surface area contributed by atoms with E-state index < -0.39 is 0 Å². The molecule has 33 heavy (non-hydrogen) atoms. The second-order valence-electron chi connectivity index (χ2n) is 8.70. The first-order valence-corrected chi connectivity index (χ1v) is 12.3. The number of rotatable bonds is 7. The molecular weight excluding hydrogens is 430 g/mol. The first-order chi connectivity index (χ1) is 16.1. The minimum atomic E-state index is -0.0980. The molecule has 2 aromatic carbocycles. The molecule has 6 nitrogen and oxygen atoms in total. The smallest absolute Gasteiger partial charge is 0.271 e. The Hall–Kier alpha value is -3.03. The summed E-state index contributed by atoms with van der Waals surface area (Å²) in [4.78, 5) is 19.8. The second kappa shape index (κ2) is 9.45. The summed E-state index contributed by atoms with van der Waals surface area (Å²) in [5.74, 6) is -0.0980. The van der Waals surface area contributed by atoms with Crippen molar-refractivity contribution in [3.05, 3.63) is 82.1 Å². The minimum absolute atomic E-state index is 0.0980. The number of hydrogen-bond acceptors (Lipinski definition) is 5. The van der Waals surface area contributed by atoms with Crippen LogP contribution in [-0.4, -0.2) is 45.7 Å². The number of aryl methyl sites for hydroxylation is 2. The zero-order valence-electron chi connectivity index (χ0n) is 19.1. The number of amides is 1. The highest BCUT2D eigenvalue weighted by Gasteiger charge is 2.30.